The standard InChI is InChI=1S/C23H29N5O3/c1-27(2)19-11-7-16(8-12-19)20(28-13-3-4-14-28)15-25-22(30)23(31)26-18-9-5-17(6-10-18)21(24)29/h5-12,20H,3-4,13-15H2,1-2H3,(H2,24,29)(H,25,30)(H,26,31)/t20-/m1/s1. The predicted octanol–water partition coefficient (Wildman–Crippen LogP) is 1.74. The number of hydrogen-bond acceptors (Lipinski definition) is 5. The lowest BCUT2D eigenvalue weighted by atomic mass is 10.0. The van der Waals surface area contributed by atoms with Crippen molar-refractivity contribution in [2.45, 2.75) is 18.9 Å². The van der Waals surface area contributed by atoms with Crippen LogP contribution in [0.3, 0.4) is 0 Å². The molecule has 2 aromatic rings. The molecule has 8 nitrogen and oxygen atoms in total. The number of carbonyl (C=O) groups excluding carboxylic acids is 3. The number of rotatable bonds is 7. The zero-order chi connectivity index (χ0) is 22.4. The van der Waals surface area contributed by atoms with Crippen molar-refractivity contribution in [1.82, 2.24) is 10.2 Å². The van der Waals surface area contributed by atoms with Crippen LogP contribution in [0.5, 0.6) is 0 Å². The van der Waals surface area contributed by atoms with Crippen LogP contribution in [0.2, 0.25) is 0 Å². The number of anilines is 2. The second-order valence-corrected chi connectivity index (χ2v) is 7.85. The van der Waals surface area contributed by atoms with Crippen LogP contribution in [0.1, 0.15) is 34.8 Å². The molecule has 0 aliphatic carbocycles. The predicted molar refractivity (Wildman–Crippen MR) is 121 cm³/mol. The molecule has 3 amide bonds. The minimum Gasteiger partial charge on any atom is -0.378 e. The van der Waals surface area contributed by atoms with Crippen molar-refractivity contribution in [2.24, 2.45) is 5.73 Å². The van der Waals surface area contributed by atoms with E-state index in [1.807, 2.05) is 19.0 Å². The van der Waals surface area contributed by atoms with Crippen molar-refractivity contribution in [3.8, 4) is 0 Å². The third kappa shape index (κ3) is 5.82. The summed E-state index contributed by atoms with van der Waals surface area (Å²) in [6.45, 7) is 2.27. The fourth-order valence-electron chi connectivity index (χ4n) is 3.68. The number of carbonyl (C=O) groups is 3. The SMILES string of the molecule is CN(C)c1ccc([C@@H](CNC(=O)C(=O)Nc2ccc(C(N)=O)cc2)N2CCCC2)cc1. The van der Waals surface area contributed by atoms with Gasteiger partial charge in [-0.2, -0.15) is 0 Å². The Kier molecular flexibility index (Phi) is 7.25. The number of benzene rings is 2. The molecule has 1 saturated heterocycles. The molecule has 0 radical (unpaired) electrons. The summed E-state index contributed by atoms with van der Waals surface area (Å²) in [6, 6.07) is 14.3. The molecule has 2 aromatic carbocycles. The number of nitrogens with zero attached hydrogens (tertiary/aromatic N) is 2. The van der Waals surface area contributed by atoms with Crippen LogP contribution in [0.25, 0.3) is 0 Å². The molecular weight excluding hydrogens is 394 g/mol. The number of nitrogens with one attached hydrogen (secondary N) is 2. The van der Waals surface area contributed by atoms with E-state index in [0.29, 0.717) is 17.8 Å². The third-order valence-corrected chi connectivity index (χ3v) is 5.47. The average molecular weight is 424 g/mol. The second-order valence-electron chi connectivity index (χ2n) is 7.85. The summed E-state index contributed by atoms with van der Waals surface area (Å²) < 4.78 is 0. The van der Waals surface area contributed by atoms with Gasteiger partial charge in [0, 0.05) is 37.6 Å². The largest absolute Gasteiger partial charge is 0.378 e. The van der Waals surface area contributed by atoms with E-state index in [4.69, 9.17) is 5.73 Å². The maximum absolute atomic E-state index is 12.4. The van der Waals surface area contributed by atoms with Crippen LogP contribution in [0.15, 0.2) is 48.5 Å². The van der Waals surface area contributed by atoms with Crippen molar-refractivity contribution >= 4 is 29.1 Å². The summed E-state index contributed by atoms with van der Waals surface area (Å²) in [7, 11) is 3.99. The Labute approximate surface area is 182 Å². The van der Waals surface area contributed by atoms with E-state index in [0.717, 1.165) is 37.2 Å². The van der Waals surface area contributed by atoms with Crippen molar-refractivity contribution in [3.05, 3.63) is 59.7 Å². The van der Waals surface area contributed by atoms with Gasteiger partial charge in [-0.25, -0.2) is 0 Å². The monoisotopic (exact) mass is 423 g/mol. The van der Waals surface area contributed by atoms with Gasteiger partial charge in [-0.3, -0.25) is 19.3 Å². The molecule has 0 saturated carbocycles. The maximum Gasteiger partial charge on any atom is 0.313 e. The molecule has 8 heteroatoms. The molecular formula is C23H29N5O3. The van der Waals surface area contributed by atoms with Crippen LogP contribution in [0, 0.1) is 0 Å². The summed E-state index contributed by atoms with van der Waals surface area (Å²) in [5.41, 5.74) is 8.17. The zero-order valence-electron chi connectivity index (χ0n) is 17.9. The Balaban J connectivity index is 1.62. The molecule has 3 rings (SSSR count). The van der Waals surface area contributed by atoms with Crippen LogP contribution >= 0.6 is 0 Å². The smallest absolute Gasteiger partial charge is 0.313 e. The van der Waals surface area contributed by atoms with Gasteiger partial charge in [0.15, 0.2) is 0 Å². The minimum absolute atomic E-state index is 0.00492. The maximum atomic E-state index is 12.4. The Morgan fingerprint density at radius 3 is 2.13 bits per heavy atom. The molecule has 0 spiro atoms. The van der Waals surface area contributed by atoms with Gasteiger partial charge in [0.1, 0.15) is 0 Å². The summed E-state index contributed by atoms with van der Waals surface area (Å²) in [6.07, 6.45) is 2.25. The van der Waals surface area contributed by atoms with E-state index in [2.05, 4.69) is 39.8 Å². The first kappa shape index (κ1) is 22.3. The Bertz CT molecular complexity index is 919. The Morgan fingerprint density at radius 1 is 0.968 bits per heavy atom. The van der Waals surface area contributed by atoms with Crippen molar-refractivity contribution in [1.29, 1.82) is 0 Å². The van der Waals surface area contributed by atoms with Crippen LogP contribution < -0.4 is 21.3 Å². The fraction of sp³-hybridized carbons (Fsp3) is 0.348. The lowest BCUT2D eigenvalue weighted by Crippen LogP contribution is -2.41. The van der Waals surface area contributed by atoms with E-state index < -0.39 is 17.7 Å². The first-order chi connectivity index (χ1) is 14.8. The highest BCUT2D eigenvalue weighted by Crippen LogP contribution is 2.26. The van der Waals surface area contributed by atoms with Gasteiger partial charge in [-0.05, 0) is 67.9 Å². The molecule has 1 fully saturated rings. The van der Waals surface area contributed by atoms with E-state index in [1.54, 1.807) is 0 Å². The zero-order valence-corrected chi connectivity index (χ0v) is 17.9. The summed E-state index contributed by atoms with van der Waals surface area (Å²) in [4.78, 5) is 40.2. The highest BCUT2D eigenvalue weighted by molar-refractivity contribution is 6.39. The lowest BCUT2D eigenvalue weighted by molar-refractivity contribution is -0.136. The molecule has 4 N–H and O–H groups in total. The number of nitrogens with two attached hydrogens (primary N) is 1. The van der Waals surface area contributed by atoms with Gasteiger partial charge in [0.2, 0.25) is 5.91 Å². The second kappa shape index (κ2) is 10.1. The average Bonchev–Trinajstić information content (AvgIpc) is 3.29. The molecule has 0 unspecified atom stereocenters. The summed E-state index contributed by atoms with van der Waals surface area (Å²) in [5.74, 6) is -2.01. The van der Waals surface area contributed by atoms with E-state index in [1.165, 1.54) is 24.3 Å². The molecule has 1 heterocycles. The van der Waals surface area contributed by atoms with E-state index in [-0.39, 0.29) is 6.04 Å². The van der Waals surface area contributed by atoms with Gasteiger partial charge in [0.05, 0.1) is 6.04 Å². The molecule has 1 aliphatic heterocycles. The highest BCUT2D eigenvalue weighted by atomic mass is 16.2. The van der Waals surface area contributed by atoms with Gasteiger partial charge in [0.25, 0.3) is 0 Å². The topological polar surface area (TPSA) is 108 Å². The van der Waals surface area contributed by atoms with E-state index >= 15 is 0 Å². The molecule has 0 aromatic heterocycles. The van der Waals surface area contributed by atoms with Gasteiger partial charge >= 0.3 is 11.8 Å². The Hall–Kier alpha value is -3.39. The van der Waals surface area contributed by atoms with Crippen molar-refractivity contribution in [3.63, 3.8) is 0 Å². The van der Waals surface area contributed by atoms with E-state index in [9.17, 15) is 14.4 Å². The number of hydrogen-bond donors (Lipinski definition) is 3. The molecule has 0 bridgehead atoms. The van der Waals surface area contributed by atoms with Crippen LogP contribution in [-0.2, 0) is 9.59 Å². The third-order valence-electron chi connectivity index (χ3n) is 5.47. The molecule has 164 valence electrons. The molecule has 31 heavy (non-hydrogen) atoms. The van der Waals surface area contributed by atoms with Crippen molar-refractivity contribution in [2.75, 3.05) is 43.9 Å². The normalized spacial score (nSPS) is 14.6. The van der Waals surface area contributed by atoms with Crippen LogP contribution in [0.4, 0.5) is 11.4 Å². The van der Waals surface area contributed by atoms with Gasteiger partial charge < -0.3 is 21.3 Å². The van der Waals surface area contributed by atoms with Crippen molar-refractivity contribution < 1.29 is 14.4 Å². The fourth-order valence-corrected chi connectivity index (χ4v) is 3.68. The summed E-state index contributed by atoms with van der Waals surface area (Å²) in [5, 5.41) is 5.31. The number of likely N-dealkylation sites (tertiary alicyclic amines) is 1. The number of amides is 3. The number of primary amides is 1. The highest BCUT2D eigenvalue weighted by Gasteiger charge is 2.25. The van der Waals surface area contributed by atoms with Gasteiger partial charge in [-0.1, -0.05) is 12.1 Å². The molecule has 1 atom stereocenters. The first-order valence-corrected chi connectivity index (χ1v) is 10.4. The van der Waals surface area contributed by atoms with Crippen LogP contribution in [-0.4, -0.2) is 56.4 Å². The quantitative estimate of drug-likeness (QED) is 0.588. The first-order valence-electron chi connectivity index (χ1n) is 10.4. The Morgan fingerprint density at radius 2 is 1.58 bits per heavy atom. The van der Waals surface area contributed by atoms with Gasteiger partial charge in [-0.15, -0.1) is 0 Å². The minimum atomic E-state index is -0.755. The lowest BCUT2D eigenvalue weighted by Gasteiger charge is -2.28. The molecule has 1 aliphatic rings. The summed E-state index contributed by atoms with van der Waals surface area (Å²) >= 11 is 0.